The quantitative estimate of drug-likeness (QED) is 0.744. The van der Waals surface area contributed by atoms with Crippen molar-refractivity contribution < 1.29 is 0 Å². The summed E-state index contributed by atoms with van der Waals surface area (Å²) >= 11 is 16.7. The zero-order chi connectivity index (χ0) is 11.5. The third-order valence-corrected chi connectivity index (χ3v) is 3.82. The van der Waals surface area contributed by atoms with Crippen LogP contribution in [0.3, 0.4) is 0 Å². The first kappa shape index (κ1) is 12.2. The lowest BCUT2D eigenvalue weighted by atomic mass is 10.4. The SMILES string of the molecule is Clc1ccc(Cl)c(Sc2cc(Br)ncn2)c1. The van der Waals surface area contributed by atoms with Crippen molar-refractivity contribution in [2.24, 2.45) is 0 Å². The van der Waals surface area contributed by atoms with Gasteiger partial charge in [-0.3, -0.25) is 0 Å². The minimum absolute atomic E-state index is 0.653. The van der Waals surface area contributed by atoms with E-state index in [2.05, 4.69) is 25.9 Å². The fraction of sp³-hybridized carbons (Fsp3) is 0. The molecule has 2 nitrogen and oxygen atoms in total. The third kappa shape index (κ3) is 3.10. The van der Waals surface area contributed by atoms with Crippen LogP contribution in [0.25, 0.3) is 0 Å². The van der Waals surface area contributed by atoms with Crippen LogP contribution < -0.4 is 0 Å². The van der Waals surface area contributed by atoms with E-state index in [1.54, 1.807) is 12.1 Å². The molecule has 0 bridgehead atoms. The monoisotopic (exact) mass is 334 g/mol. The molecular weight excluding hydrogens is 331 g/mol. The summed E-state index contributed by atoms with van der Waals surface area (Å²) in [5.74, 6) is 0. The summed E-state index contributed by atoms with van der Waals surface area (Å²) < 4.78 is 0.739. The van der Waals surface area contributed by atoms with Gasteiger partial charge in [-0.25, -0.2) is 9.97 Å². The van der Waals surface area contributed by atoms with E-state index in [1.165, 1.54) is 18.1 Å². The number of halogens is 3. The summed E-state index contributed by atoms with van der Waals surface area (Å²) in [6, 6.07) is 7.15. The fourth-order valence-corrected chi connectivity index (χ4v) is 2.82. The number of nitrogens with zero attached hydrogens (tertiary/aromatic N) is 2. The van der Waals surface area contributed by atoms with Gasteiger partial charge in [-0.05, 0) is 34.1 Å². The minimum atomic E-state index is 0.653. The molecule has 0 spiro atoms. The lowest BCUT2D eigenvalue weighted by molar-refractivity contribution is 1.03. The molecule has 0 unspecified atom stereocenters. The first-order valence-corrected chi connectivity index (χ1v) is 6.62. The Morgan fingerprint density at radius 3 is 2.69 bits per heavy atom. The van der Waals surface area contributed by atoms with Crippen molar-refractivity contribution in [3.63, 3.8) is 0 Å². The van der Waals surface area contributed by atoms with E-state index in [0.717, 1.165) is 14.5 Å². The molecule has 0 aliphatic rings. The maximum Gasteiger partial charge on any atom is 0.118 e. The van der Waals surface area contributed by atoms with Gasteiger partial charge in [0, 0.05) is 16.0 Å². The highest BCUT2D eigenvalue weighted by molar-refractivity contribution is 9.10. The van der Waals surface area contributed by atoms with Crippen molar-refractivity contribution in [2.75, 3.05) is 0 Å². The molecule has 2 aromatic rings. The van der Waals surface area contributed by atoms with E-state index in [9.17, 15) is 0 Å². The summed E-state index contributed by atoms with van der Waals surface area (Å²) in [7, 11) is 0. The van der Waals surface area contributed by atoms with Gasteiger partial charge in [0.15, 0.2) is 0 Å². The van der Waals surface area contributed by atoms with Crippen LogP contribution in [0.1, 0.15) is 0 Å². The Bertz CT molecular complexity index is 522. The van der Waals surface area contributed by atoms with E-state index in [0.29, 0.717) is 10.0 Å². The van der Waals surface area contributed by atoms with E-state index in [4.69, 9.17) is 23.2 Å². The van der Waals surface area contributed by atoms with Gasteiger partial charge >= 0.3 is 0 Å². The summed E-state index contributed by atoms with van der Waals surface area (Å²) in [5.41, 5.74) is 0. The Hall–Kier alpha value is -0.290. The van der Waals surface area contributed by atoms with Gasteiger partial charge in [0.1, 0.15) is 16.0 Å². The molecule has 0 fully saturated rings. The van der Waals surface area contributed by atoms with Crippen LogP contribution in [-0.4, -0.2) is 9.97 Å². The predicted molar refractivity (Wildman–Crippen MR) is 70.3 cm³/mol. The molecule has 0 saturated carbocycles. The standard InChI is InChI=1S/C10H5BrCl2N2S/c11-9-4-10(15-5-14-9)16-8-3-6(12)1-2-7(8)13/h1-5H. The van der Waals surface area contributed by atoms with Crippen LogP contribution >= 0.6 is 50.9 Å². The molecule has 0 aliphatic heterocycles. The van der Waals surface area contributed by atoms with E-state index in [1.807, 2.05) is 12.1 Å². The van der Waals surface area contributed by atoms with Crippen LogP contribution in [0.4, 0.5) is 0 Å². The number of hydrogen-bond donors (Lipinski definition) is 0. The summed E-state index contributed by atoms with van der Waals surface area (Å²) in [6.07, 6.45) is 1.49. The Balaban J connectivity index is 2.30. The maximum absolute atomic E-state index is 6.05. The molecule has 0 atom stereocenters. The average molecular weight is 336 g/mol. The minimum Gasteiger partial charge on any atom is -0.230 e. The zero-order valence-corrected chi connectivity index (χ0v) is 11.7. The predicted octanol–water partition coefficient (Wildman–Crippen LogP) is 4.70. The fourth-order valence-electron chi connectivity index (χ4n) is 1.04. The first-order chi connectivity index (χ1) is 7.65. The summed E-state index contributed by atoms with van der Waals surface area (Å²) in [6.45, 7) is 0. The Labute approximate surface area is 116 Å². The van der Waals surface area contributed by atoms with Crippen molar-refractivity contribution in [2.45, 2.75) is 9.92 Å². The molecule has 0 aliphatic carbocycles. The smallest absolute Gasteiger partial charge is 0.118 e. The van der Waals surface area contributed by atoms with Crippen molar-refractivity contribution in [1.82, 2.24) is 9.97 Å². The molecule has 0 radical (unpaired) electrons. The number of rotatable bonds is 2. The van der Waals surface area contributed by atoms with Crippen LogP contribution in [0.5, 0.6) is 0 Å². The van der Waals surface area contributed by atoms with Crippen molar-refractivity contribution >= 4 is 50.9 Å². The third-order valence-electron chi connectivity index (χ3n) is 1.72. The van der Waals surface area contributed by atoms with Crippen molar-refractivity contribution in [3.8, 4) is 0 Å². The molecule has 1 heterocycles. The average Bonchev–Trinajstić information content (AvgIpc) is 2.24. The largest absolute Gasteiger partial charge is 0.230 e. The second-order valence-corrected chi connectivity index (χ2v) is 5.57. The topological polar surface area (TPSA) is 25.8 Å². The van der Waals surface area contributed by atoms with Gasteiger partial charge in [-0.2, -0.15) is 0 Å². The molecule has 0 amide bonds. The van der Waals surface area contributed by atoms with E-state index < -0.39 is 0 Å². The molecular formula is C10H5BrCl2N2S. The molecule has 2 rings (SSSR count). The van der Waals surface area contributed by atoms with Crippen molar-refractivity contribution in [1.29, 1.82) is 0 Å². The van der Waals surface area contributed by atoms with Gasteiger partial charge in [0.05, 0.1) is 5.02 Å². The second kappa shape index (κ2) is 5.36. The first-order valence-electron chi connectivity index (χ1n) is 4.25. The molecule has 0 saturated heterocycles. The Morgan fingerprint density at radius 2 is 1.94 bits per heavy atom. The highest BCUT2D eigenvalue weighted by atomic mass is 79.9. The Kier molecular flexibility index (Phi) is 4.08. The molecule has 1 aromatic heterocycles. The molecule has 6 heteroatoms. The van der Waals surface area contributed by atoms with Crippen LogP contribution in [-0.2, 0) is 0 Å². The van der Waals surface area contributed by atoms with Gasteiger partial charge in [-0.1, -0.05) is 35.0 Å². The van der Waals surface area contributed by atoms with Crippen LogP contribution in [0.15, 0.2) is 45.1 Å². The number of hydrogen-bond acceptors (Lipinski definition) is 3. The van der Waals surface area contributed by atoms with Gasteiger partial charge < -0.3 is 0 Å². The molecule has 16 heavy (non-hydrogen) atoms. The zero-order valence-electron chi connectivity index (χ0n) is 7.82. The highest BCUT2D eigenvalue weighted by Crippen LogP contribution is 2.34. The van der Waals surface area contributed by atoms with Crippen molar-refractivity contribution in [3.05, 3.63) is 45.2 Å². The van der Waals surface area contributed by atoms with Gasteiger partial charge in [0.25, 0.3) is 0 Å². The van der Waals surface area contributed by atoms with E-state index >= 15 is 0 Å². The molecule has 0 N–H and O–H groups in total. The number of aromatic nitrogens is 2. The normalized spacial score (nSPS) is 10.4. The van der Waals surface area contributed by atoms with Crippen LogP contribution in [0, 0.1) is 0 Å². The molecule has 1 aromatic carbocycles. The number of benzene rings is 1. The molecule has 82 valence electrons. The van der Waals surface area contributed by atoms with E-state index in [-0.39, 0.29) is 0 Å². The lowest BCUT2D eigenvalue weighted by Gasteiger charge is -2.03. The van der Waals surface area contributed by atoms with Crippen LogP contribution in [0.2, 0.25) is 10.0 Å². The lowest BCUT2D eigenvalue weighted by Crippen LogP contribution is -1.83. The van der Waals surface area contributed by atoms with Gasteiger partial charge in [-0.15, -0.1) is 0 Å². The van der Waals surface area contributed by atoms with Gasteiger partial charge in [0.2, 0.25) is 0 Å². The second-order valence-electron chi connectivity index (χ2n) is 2.86. The maximum atomic E-state index is 6.05. The highest BCUT2D eigenvalue weighted by Gasteiger charge is 2.05. The summed E-state index contributed by atoms with van der Waals surface area (Å²) in [5, 5.41) is 2.12. The summed E-state index contributed by atoms with van der Waals surface area (Å²) in [4.78, 5) is 8.96. The Morgan fingerprint density at radius 1 is 1.12 bits per heavy atom.